The highest BCUT2D eigenvalue weighted by Crippen LogP contribution is 2.47. The summed E-state index contributed by atoms with van der Waals surface area (Å²) in [7, 11) is -0.776. The Hall–Kier alpha value is -5.67. The first-order valence-corrected chi connectivity index (χ1v) is 21.0. The molecule has 294 valence electrons. The van der Waals surface area contributed by atoms with Gasteiger partial charge in [-0.25, -0.2) is 0 Å². The van der Waals surface area contributed by atoms with Gasteiger partial charge in [-0.15, -0.1) is 0 Å². The van der Waals surface area contributed by atoms with Gasteiger partial charge in [0.25, 0.3) is 0 Å². The first-order valence-electron chi connectivity index (χ1n) is 21.0. The van der Waals surface area contributed by atoms with E-state index in [4.69, 9.17) is 18.6 Å². The van der Waals surface area contributed by atoms with E-state index in [1.807, 2.05) is 0 Å². The molecule has 0 amide bonds. The van der Waals surface area contributed by atoms with E-state index >= 15 is 0 Å². The van der Waals surface area contributed by atoms with Gasteiger partial charge in [-0.2, -0.15) is 0 Å². The molecule has 2 aliphatic heterocycles. The monoisotopic (exact) mass is 782 g/mol. The number of benzene rings is 6. The highest BCUT2D eigenvalue weighted by molar-refractivity contribution is 6.62. The van der Waals surface area contributed by atoms with E-state index in [2.05, 4.69) is 213 Å². The van der Waals surface area contributed by atoms with E-state index in [1.165, 1.54) is 55.7 Å². The fraction of sp³-hybridized carbons (Fsp3) is 0.222. The number of hydrogen-bond donors (Lipinski definition) is 0. The summed E-state index contributed by atoms with van der Waals surface area (Å²) >= 11 is 0. The summed E-state index contributed by atoms with van der Waals surface area (Å²) in [5, 5.41) is 0. The second-order valence-corrected chi connectivity index (χ2v) is 18.5. The first-order chi connectivity index (χ1) is 28.7. The Morgan fingerprint density at radius 1 is 0.367 bits per heavy atom. The molecular formula is C54H48B2O4. The molecule has 0 radical (unpaired) electrons. The van der Waals surface area contributed by atoms with Crippen LogP contribution in [-0.2, 0) is 18.6 Å². The lowest BCUT2D eigenvalue weighted by molar-refractivity contribution is 0.00578. The van der Waals surface area contributed by atoms with Crippen LogP contribution in [0.1, 0.15) is 99.9 Å². The molecule has 2 fully saturated rings. The van der Waals surface area contributed by atoms with Crippen molar-refractivity contribution in [1.29, 1.82) is 0 Å². The Labute approximate surface area is 355 Å². The summed E-state index contributed by atoms with van der Waals surface area (Å²) in [6.45, 7) is 16.7. The molecule has 0 spiro atoms. The van der Waals surface area contributed by atoms with Crippen molar-refractivity contribution < 1.29 is 18.6 Å². The average molecular weight is 783 g/mol. The maximum Gasteiger partial charge on any atom is 0.494 e. The number of fused-ring (bicyclic) bond motifs is 6. The summed E-state index contributed by atoms with van der Waals surface area (Å²) in [6.07, 6.45) is 4.57. The molecule has 4 nitrogen and oxygen atoms in total. The normalized spacial score (nSPS) is 19.8. The van der Waals surface area contributed by atoms with Crippen molar-refractivity contribution in [3.05, 3.63) is 178 Å². The van der Waals surface area contributed by atoms with Gasteiger partial charge in [-0.05, 0) is 170 Å². The lowest BCUT2D eigenvalue weighted by Gasteiger charge is -2.32. The molecule has 6 aromatic rings. The molecule has 60 heavy (non-hydrogen) atoms. The van der Waals surface area contributed by atoms with Gasteiger partial charge in [-0.1, -0.05) is 121 Å². The Morgan fingerprint density at radius 2 is 0.683 bits per heavy atom. The van der Waals surface area contributed by atoms with E-state index in [9.17, 15) is 0 Å². The first kappa shape index (κ1) is 38.5. The molecular weight excluding hydrogens is 734 g/mol. The maximum absolute atomic E-state index is 6.32. The van der Waals surface area contributed by atoms with Crippen LogP contribution in [0.15, 0.2) is 133 Å². The largest absolute Gasteiger partial charge is 0.494 e. The molecule has 0 saturated carbocycles. The summed E-state index contributed by atoms with van der Waals surface area (Å²) in [6, 6.07) is 47.6. The average Bonchev–Trinajstić information content (AvgIpc) is 3.86. The third-order valence-corrected chi connectivity index (χ3v) is 13.5. The van der Waals surface area contributed by atoms with Crippen molar-refractivity contribution in [3.8, 4) is 34.1 Å². The Bertz CT molecular complexity index is 2610. The van der Waals surface area contributed by atoms with Crippen LogP contribution in [0.2, 0.25) is 0 Å². The standard InChI is InChI=1S/C54H48B2O4/c1-51(2)52(3,4)58-55(57-51)39-25-19-37(20-26-39)33-47-43-15-11-9-13-41(43)45-29-23-35(31-49(45)47)17-18-36-24-30-46-42-14-10-12-16-44(42)48(50(46)32-36)34-38-21-27-40(28-22-38)56-59-53(5,6)54(7,8)60-56/h9-16,19-34H,1-8H3/b47-33+,48-34+. The lowest BCUT2D eigenvalue weighted by atomic mass is 9.79. The molecule has 0 N–H and O–H groups in total. The summed E-state index contributed by atoms with van der Waals surface area (Å²) in [5.41, 5.74) is 16.9. The summed E-state index contributed by atoms with van der Waals surface area (Å²) in [5.74, 6) is 7.05. The van der Waals surface area contributed by atoms with Crippen molar-refractivity contribution in [2.24, 2.45) is 0 Å². The lowest BCUT2D eigenvalue weighted by Crippen LogP contribution is -2.41. The van der Waals surface area contributed by atoms with Crippen LogP contribution in [0.25, 0.3) is 45.6 Å². The van der Waals surface area contributed by atoms with E-state index in [0.29, 0.717) is 0 Å². The highest BCUT2D eigenvalue weighted by Gasteiger charge is 2.52. The fourth-order valence-electron chi connectivity index (χ4n) is 8.60. The topological polar surface area (TPSA) is 36.9 Å². The molecule has 6 heteroatoms. The summed E-state index contributed by atoms with van der Waals surface area (Å²) < 4.78 is 25.3. The van der Waals surface area contributed by atoms with Crippen LogP contribution in [0, 0.1) is 11.8 Å². The zero-order valence-electron chi connectivity index (χ0n) is 35.6. The van der Waals surface area contributed by atoms with Crippen molar-refractivity contribution in [3.63, 3.8) is 0 Å². The summed E-state index contributed by atoms with van der Waals surface area (Å²) in [4.78, 5) is 0. The van der Waals surface area contributed by atoms with E-state index in [-0.39, 0.29) is 36.6 Å². The molecule has 2 aliphatic carbocycles. The Morgan fingerprint density at radius 3 is 1.03 bits per heavy atom. The second-order valence-electron chi connectivity index (χ2n) is 18.5. The fourth-order valence-corrected chi connectivity index (χ4v) is 8.60. The minimum Gasteiger partial charge on any atom is -0.399 e. The van der Waals surface area contributed by atoms with Gasteiger partial charge in [0.1, 0.15) is 0 Å². The van der Waals surface area contributed by atoms with Crippen LogP contribution >= 0.6 is 0 Å². The zero-order valence-corrected chi connectivity index (χ0v) is 35.6. The minimum absolute atomic E-state index is 0.381. The molecule has 10 rings (SSSR count). The molecule has 4 aliphatic rings. The third-order valence-electron chi connectivity index (χ3n) is 13.5. The smallest absolute Gasteiger partial charge is 0.399 e. The van der Waals surface area contributed by atoms with Crippen molar-refractivity contribution in [1.82, 2.24) is 0 Å². The van der Waals surface area contributed by atoms with Crippen molar-refractivity contribution in [2.75, 3.05) is 0 Å². The predicted molar refractivity (Wildman–Crippen MR) is 248 cm³/mol. The third kappa shape index (κ3) is 6.53. The van der Waals surface area contributed by atoms with E-state index < -0.39 is 0 Å². The van der Waals surface area contributed by atoms with Gasteiger partial charge in [0.2, 0.25) is 0 Å². The number of rotatable bonds is 4. The van der Waals surface area contributed by atoms with E-state index in [0.717, 1.165) is 33.2 Å². The molecule has 2 heterocycles. The molecule has 0 unspecified atom stereocenters. The Balaban J connectivity index is 0.942. The van der Waals surface area contributed by atoms with Crippen molar-refractivity contribution >= 4 is 48.5 Å². The molecule has 6 aromatic carbocycles. The SMILES string of the molecule is CC1(C)OB(c2ccc(/C=C3\c4ccccc4-c4ccc(C#Cc5ccc6c(c5)/C(=C/c5ccc(B7OC(C)(C)C(C)(C)O7)cc5)c5ccccc5-6)cc43)cc2)OC1(C)C. The molecule has 0 aromatic heterocycles. The second kappa shape index (κ2) is 13.9. The van der Waals surface area contributed by atoms with Gasteiger partial charge in [-0.3, -0.25) is 0 Å². The molecule has 0 bridgehead atoms. The highest BCUT2D eigenvalue weighted by atomic mass is 16.7. The Kier molecular flexibility index (Phi) is 8.96. The van der Waals surface area contributed by atoms with Crippen LogP contribution in [0.5, 0.6) is 0 Å². The van der Waals surface area contributed by atoms with Crippen molar-refractivity contribution in [2.45, 2.75) is 77.8 Å². The van der Waals surface area contributed by atoms with E-state index in [1.54, 1.807) is 0 Å². The molecule has 2 saturated heterocycles. The molecule has 0 atom stereocenters. The zero-order chi connectivity index (χ0) is 41.6. The van der Waals surface area contributed by atoms with Gasteiger partial charge in [0, 0.05) is 11.1 Å². The number of hydrogen-bond acceptors (Lipinski definition) is 4. The van der Waals surface area contributed by atoms with Crippen LogP contribution in [-0.4, -0.2) is 36.6 Å². The van der Waals surface area contributed by atoms with Gasteiger partial charge in [0.05, 0.1) is 22.4 Å². The van der Waals surface area contributed by atoms with Gasteiger partial charge >= 0.3 is 14.2 Å². The van der Waals surface area contributed by atoms with Crippen LogP contribution < -0.4 is 10.9 Å². The maximum atomic E-state index is 6.32. The van der Waals surface area contributed by atoms with Gasteiger partial charge in [0.15, 0.2) is 0 Å². The van der Waals surface area contributed by atoms with Crippen LogP contribution in [0.4, 0.5) is 0 Å². The van der Waals surface area contributed by atoms with Crippen LogP contribution in [0.3, 0.4) is 0 Å². The minimum atomic E-state index is -0.388. The van der Waals surface area contributed by atoms with Gasteiger partial charge < -0.3 is 18.6 Å². The predicted octanol–water partition coefficient (Wildman–Crippen LogP) is 10.8. The quantitative estimate of drug-likeness (QED) is 0.132.